The number of hydrogen-bond donors (Lipinski definition) is 0. The molecule has 0 amide bonds. The maximum absolute atomic E-state index is 12.2. The summed E-state index contributed by atoms with van der Waals surface area (Å²) < 4.78 is 10.9. The fraction of sp³-hybridized carbons (Fsp3) is 0.562. The predicted octanol–water partition coefficient (Wildman–Crippen LogP) is 2.23. The second kappa shape index (κ2) is 7.41. The molecule has 4 nitrogen and oxygen atoms in total. The van der Waals surface area contributed by atoms with E-state index in [1.165, 1.54) is 5.56 Å². The molecule has 0 aromatic heterocycles. The van der Waals surface area contributed by atoms with Gasteiger partial charge in [-0.25, -0.2) is 0 Å². The lowest BCUT2D eigenvalue weighted by atomic mass is 10.1. The standard InChI is InChI=1S/C16H23NO3/c1-3-19-14-10-11-17(15(14)16(18)20-4-2)12-13-8-6-5-7-9-13/h5-9,14-15H,3-4,10-12H2,1-2H3. The minimum absolute atomic E-state index is 0.0530. The molecule has 0 spiro atoms. The van der Waals surface area contributed by atoms with Crippen molar-refractivity contribution in [2.45, 2.75) is 39.0 Å². The summed E-state index contributed by atoms with van der Waals surface area (Å²) in [5, 5.41) is 0. The van der Waals surface area contributed by atoms with Crippen LogP contribution in [0.5, 0.6) is 0 Å². The number of ether oxygens (including phenoxy) is 2. The monoisotopic (exact) mass is 277 g/mol. The molecule has 2 atom stereocenters. The van der Waals surface area contributed by atoms with E-state index in [-0.39, 0.29) is 18.1 Å². The second-order valence-electron chi connectivity index (χ2n) is 4.94. The van der Waals surface area contributed by atoms with Crippen molar-refractivity contribution in [2.24, 2.45) is 0 Å². The predicted molar refractivity (Wildman–Crippen MR) is 77.3 cm³/mol. The van der Waals surface area contributed by atoms with E-state index in [0.717, 1.165) is 19.5 Å². The summed E-state index contributed by atoms with van der Waals surface area (Å²) >= 11 is 0. The first kappa shape index (κ1) is 15.0. The minimum atomic E-state index is -0.282. The SMILES string of the molecule is CCOC(=O)C1C(OCC)CCN1Cc1ccccc1. The topological polar surface area (TPSA) is 38.8 Å². The normalized spacial score (nSPS) is 22.9. The summed E-state index contributed by atoms with van der Waals surface area (Å²) in [6, 6.07) is 9.91. The third-order valence-electron chi connectivity index (χ3n) is 3.58. The zero-order chi connectivity index (χ0) is 14.4. The highest BCUT2D eigenvalue weighted by Gasteiger charge is 2.40. The zero-order valence-corrected chi connectivity index (χ0v) is 12.2. The van der Waals surface area contributed by atoms with E-state index < -0.39 is 0 Å². The second-order valence-corrected chi connectivity index (χ2v) is 4.94. The van der Waals surface area contributed by atoms with Gasteiger partial charge in [-0.1, -0.05) is 30.3 Å². The fourth-order valence-electron chi connectivity index (χ4n) is 2.74. The molecule has 2 rings (SSSR count). The van der Waals surface area contributed by atoms with Crippen molar-refractivity contribution < 1.29 is 14.3 Å². The molecule has 1 aromatic carbocycles. The van der Waals surface area contributed by atoms with Gasteiger partial charge in [0.25, 0.3) is 0 Å². The average Bonchev–Trinajstić information content (AvgIpc) is 2.83. The molecule has 4 heteroatoms. The average molecular weight is 277 g/mol. The van der Waals surface area contributed by atoms with Gasteiger partial charge in [0.15, 0.2) is 0 Å². The number of likely N-dealkylation sites (tertiary alicyclic amines) is 1. The van der Waals surface area contributed by atoms with Crippen molar-refractivity contribution in [1.29, 1.82) is 0 Å². The molecular formula is C16H23NO3. The van der Waals surface area contributed by atoms with Gasteiger partial charge in [0.1, 0.15) is 6.04 Å². The fourth-order valence-corrected chi connectivity index (χ4v) is 2.74. The van der Waals surface area contributed by atoms with Gasteiger partial charge in [-0.2, -0.15) is 0 Å². The first-order chi connectivity index (χ1) is 9.76. The van der Waals surface area contributed by atoms with Crippen molar-refractivity contribution in [3.8, 4) is 0 Å². The third-order valence-corrected chi connectivity index (χ3v) is 3.58. The Kier molecular flexibility index (Phi) is 5.56. The lowest BCUT2D eigenvalue weighted by molar-refractivity contribution is -0.152. The van der Waals surface area contributed by atoms with Gasteiger partial charge < -0.3 is 9.47 Å². The smallest absolute Gasteiger partial charge is 0.326 e. The molecule has 0 aliphatic carbocycles. The summed E-state index contributed by atoms with van der Waals surface area (Å²) in [5.74, 6) is -0.167. The molecule has 1 heterocycles. The molecule has 1 saturated heterocycles. The van der Waals surface area contributed by atoms with Gasteiger partial charge in [0.2, 0.25) is 0 Å². The van der Waals surface area contributed by atoms with Gasteiger partial charge >= 0.3 is 5.97 Å². The molecule has 1 aliphatic rings. The van der Waals surface area contributed by atoms with E-state index >= 15 is 0 Å². The molecule has 0 bridgehead atoms. The van der Waals surface area contributed by atoms with Crippen LogP contribution in [0.1, 0.15) is 25.8 Å². The Balaban J connectivity index is 2.08. The number of carbonyl (C=O) groups is 1. The molecule has 1 fully saturated rings. The van der Waals surface area contributed by atoms with Crippen LogP contribution in [-0.2, 0) is 20.8 Å². The summed E-state index contributed by atoms with van der Waals surface area (Å²) in [5.41, 5.74) is 1.21. The Hall–Kier alpha value is -1.39. The molecular weight excluding hydrogens is 254 g/mol. The van der Waals surface area contributed by atoms with E-state index in [9.17, 15) is 4.79 Å². The maximum Gasteiger partial charge on any atom is 0.326 e. The molecule has 1 aromatic rings. The third kappa shape index (κ3) is 3.58. The van der Waals surface area contributed by atoms with Crippen molar-refractivity contribution in [3.63, 3.8) is 0 Å². The number of carbonyl (C=O) groups excluding carboxylic acids is 1. The summed E-state index contributed by atoms with van der Waals surface area (Å²) in [6.07, 6.45) is 0.826. The molecule has 0 saturated carbocycles. The van der Waals surface area contributed by atoms with Gasteiger partial charge in [0, 0.05) is 19.7 Å². The van der Waals surface area contributed by atoms with E-state index in [2.05, 4.69) is 17.0 Å². The minimum Gasteiger partial charge on any atom is -0.465 e. The number of benzene rings is 1. The Morgan fingerprint density at radius 2 is 2.00 bits per heavy atom. The highest BCUT2D eigenvalue weighted by Crippen LogP contribution is 2.24. The van der Waals surface area contributed by atoms with Crippen molar-refractivity contribution in [3.05, 3.63) is 35.9 Å². The number of nitrogens with zero attached hydrogens (tertiary/aromatic N) is 1. The molecule has 0 radical (unpaired) electrons. The van der Waals surface area contributed by atoms with Crippen molar-refractivity contribution in [2.75, 3.05) is 19.8 Å². The molecule has 20 heavy (non-hydrogen) atoms. The maximum atomic E-state index is 12.2. The lowest BCUT2D eigenvalue weighted by Crippen LogP contribution is -2.43. The molecule has 110 valence electrons. The van der Waals surface area contributed by atoms with Gasteiger partial charge in [-0.05, 0) is 25.8 Å². The number of esters is 1. The quantitative estimate of drug-likeness (QED) is 0.747. The van der Waals surface area contributed by atoms with E-state index in [1.807, 2.05) is 32.0 Å². The van der Waals surface area contributed by atoms with Crippen LogP contribution in [-0.4, -0.2) is 42.8 Å². The summed E-state index contributed by atoms with van der Waals surface area (Å²) in [6.45, 7) is 6.45. The van der Waals surface area contributed by atoms with E-state index in [1.54, 1.807) is 0 Å². The van der Waals surface area contributed by atoms with Gasteiger partial charge in [0.05, 0.1) is 12.7 Å². The Bertz CT molecular complexity index is 421. The van der Waals surface area contributed by atoms with Crippen LogP contribution in [0.15, 0.2) is 30.3 Å². The Labute approximate surface area is 120 Å². The van der Waals surface area contributed by atoms with Gasteiger partial charge in [-0.15, -0.1) is 0 Å². The largest absolute Gasteiger partial charge is 0.465 e. The Morgan fingerprint density at radius 3 is 2.65 bits per heavy atom. The van der Waals surface area contributed by atoms with Crippen molar-refractivity contribution in [1.82, 2.24) is 4.90 Å². The van der Waals surface area contributed by atoms with Gasteiger partial charge in [-0.3, -0.25) is 9.69 Å². The zero-order valence-electron chi connectivity index (χ0n) is 12.2. The highest BCUT2D eigenvalue weighted by molar-refractivity contribution is 5.77. The summed E-state index contributed by atoms with van der Waals surface area (Å²) in [7, 11) is 0. The molecule has 1 aliphatic heterocycles. The highest BCUT2D eigenvalue weighted by atomic mass is 16.5. The van der Waals surface area contributed by atoms with Crippen LogP contribution in [0.4, 0.5) is 0 Å². The van der Waals surface area contributed by atoms with Crippen molar-refractivity contribution >= 4 is 5.97 Å². The van der Waals surface area contributed by atoms with Crippen LogP contribution >= 0.6 is 0 Å². The number of rotatable bonds is 6. The summed E-state index contributed by atoms with van der Waals surface area (Å²) in [4.78, 5) is 14.3. The first-order valence-corrected chi connectivity index (χ1v) is 7.32. The van der Waals surface area contributed by atoms with E-state index in [0.29, 0.717) is 13.2 Å². The first-order valence-electron chi connectivity index (χ1n) is 7.32. The molecule has 2 unspecified atom stereocenters. The van der Waals surface area contributed by atoms with Crippen LogP contribution in [0.25, 0.3) is 0 Å². The number of hydrogen-bond acceptors (Lipinski definition) is 4. The van der Waals surface area contributed by atoms with Crippen LogP contribution in [0.2, 0.25) is 0 Å². The Morgan fingerprint density at radius 1 is 1.25 bits per heavy atom. The molecule has 0 N–H and O–H groups in total. The van der Waals surface area contributed by atoms with Crippen LogP contribution in [0, 0.1) is 0 Å². The van der Waals surface area contributed by atoms with Crippen LogP contribution < -0.4 is 0 Å². The lowest BCUT2D eigenvalue weighted by Gasteiger charge is -2.26. The van der Waals surface area contributed by atoms with E-state index in [4.69, 9.17) is 9.47 Å². The van der Waals surface area contributed by atoms with Crippen LogP contribution in [0.3, 0.4) is 0 Å².